The van der Waals surface area contributed by atoms with Gasteiger partial charge in [0.1, 0.15) is 5.82 Å². The van der Waals surface area contributed by atoms with Gasteiger partial charge in [0.25, 0.3) is 5.91 Å². The summed E-state index contributed by atoms with van der Waals surface area (Å²) in [5.41, 5.74) is 2.40. The third kappa shape index (κ3) is 3.04. The number of aliphatic hydroxyl groups is 1. The lowest BCUT2D eigenvalue weighted by atomic mass is 10.1. The van der Waals surface area contributed by atoms with Crippen LogP contribution < -0.4 is 5.32 Å². The molecule has 3 aromatic rings. The SMILES string of the molecule is Cc1[nH]nc2ccc(NC(=O)C(O)c3ccc(F)c(Cl)c3)cc12. The molecule has 1 aromatic heterocycles. The Bertz CT molecular complexity index is 894. The average Bonchev–Trinajstić information content (AvgIpc) is 2.90. The molecular formula is C16H13ClFN3O2. The number of carbonyl (C=O) groups excluding carboxylic acids is 1. The second-order valence-corrected chi connectivity index (χ2v) is 5.55. The highest BCUT2D eigenvalue weighted by molar-refractivity contribution is 6.30. The molecule has 118 valence electrons. The number of halogens is 2. The van der Waals surface area contributed by atoms with E-state index >= 15 is 0 Å². The first kappa shape index (κ1) is 15.5. The number of benzene rings is 2. The topological polar surface area (TPSA) is 78.0 Å². The summed E-state index contributed by atoms with van der Waals surface area (Å²) in [6.45, 7) is 1.87. The average molecular weight is 334 g/mol. The molecule has 2 aromatic carbocycles. The van der Waals surface area contributed by atoms with Crippen LogP contribution in [0.2, 0.25) is 5.02 Å². The number of nitrogens with one attached hydrogen (secondary N) is 2. The van der Waals surface area contributed by atoms with E-state index in [2.05, 4.69) is 15.5 Å². The summed E-state index contributed by atoms with van der Waals surface area (Å²) in [7, 11) is 0. The standard InChI is InChI=1S/C16H13ClFN3O2/c1-8-11-7-10(3-5-14(11)21-20-8)19-16(23)15(22)9-2-4-13(18)12(17)6-9/h2-7,15,22H,1H3,(H,19,23)(H,20,21). The molecule has 23 heavy (non-hydrogen) atoms. The minimum absolute atomic E-state index is 0.148. The fourth-order valence-electron chi connectivity index (χ4n) is 2.26. The first-order valence-corrected chi connectivity index (χ1v) is 7.22. The lowest BCUT2D eigenvalue weighted by Crippen LogP contribution is -2.20. The Morgan fingerprint density at radius 1 is 1.35 bits per heavy atom. The summed E-state index contributed by atoms with van der Waals surface area (Å²) >= 11 is 5.66. The molecule has 0 aliphatic heterocycles. The van der Waals surface area contributed by atoms with Gasteiger partial charge in [0, 0.05) is 16.8 Å². The number of aryl methyl sites for hydroxylation is 1. The Hall–Kier alpha value is -2.44. The number of fused-ring (bicyclic) bond motifs is 1. The number of amides is 1. The summed E-state index contributed by atoms with van der Waals surface area (Å²) in [5, 5.41) is 20.4. The Morgan fingerprint density at radius 2 is 2.13 bits per heavy atom. The van der Waals surface area contributed by atoms with E-state index in [4.69, 9.17) is 11.6 Å². The van der Waals surface area contributed by atoms with Gasteiger partial charge in [-0.15, -0.1) is 0 Å². The van der Waals surface area contributed by atoms with Gasteiger partial charge < -0.3 is 10.4 Å². The molecule has 3 rings (SSSR count). The molecule has 1 unspecified atom stereocenters. The van der Waals surface area contributed by atoms with Gasteiger partial charge in [0.05, 0.1) is 10.5 Å². The third-order valence-corrected chi connectivity index (χ3v) is 3.81. The number of hydrogen-bond donors (Lipinski definition) is 3. The molecule has 1 atom stereocenters. The highest BCUT2D eigenvalue weighted by Gasteiger charge is 2.19. The van der Waals surface area contributed by atoms with Crippen molar-refractivity contribution in [2.45, 2.75) is 13.0 Å². The van der Waals surface area contributed by atoms with Crippen LogP contribution in [0.5, 0.6) is 0 Å². The van der Waals surface area contributed by atoms with Gasteiger partial charge in [-0.25, -0.2) is 4.39 Å². The molecule has 1 amide bonds. The number of H-pyrrole nitrogens is 1. The van der Waals surface area contributed by atoms with Crippen LogP contribution in [0.4, 0.5) is 10.1 Å². The first-order chi connectivity index (χ1) is 11.0. The molecule has 0 fully saturated rings. The van der Waals surface area contributed by atoms with E-state index in [0.29, 0.717) is 5.69 Å². The van der Waals surface area contributed by atoms with Gasteiger partial charge in [0.2, 0.25) is 0 Å². The molecule has 5 nitrogen and oxygen atoms in total. The Morgan fingerprint density at radius 3 is 2.87 bits per heavy atom. The molecule has 0 saturated carbocycles. The van der Waals surface area contributed by atoms with Crippen molar-refractivity contribution in [3.63, 3.8) is 0 Å². The minimum atomic E-state index is -1.45. The van der Waals surface area contributed by atoms with Crippen LogP contribution in [0.15, 0.2) is 36.4 Å². The molecule has 0 radical (unpaired) electrons. The van der Waals surface area contributed by atoms with Crippen LogP contribution >= 0.6 is 11.6 Å². The van der Waals surface area contributed by atoms with E-state index in [9.17, 15) is 14.3 Å². The van der Waals surface area contributed by atoms with Crippen molar-refractivity contribution in [1.82, 2.24) is 10.2 Å². The van der Waals surface area contributed by atoms with Crippen LogP contribution in [0.3, 0.4) is 0 Å². The van der Waals surface area contributed by atoms with Gasteiger partial charge in [-0.1, -0.05) is 17.7 Å². The van der Waals surface area contributed by atoms with Crippen LogP contribution in [-0.4, -0.2) is 21.2 Å². The zero-order valence-corrected chi connectivity index (χ0v) is 12.9. The lowest BCUT2D eigenvalue weighted by Gasteiger charge is -2.12. The second kappa shape index (κ2) is 5.98. The highest BCUT2D eigenvalue weighted by Crippen LogP contribution is 2.24. The third-order valence-electron chi connectivity index (χ3n) is 3.52. The number of anilines is 1. The zero-order chi connectivity index (χ0) is 16.6. The number of aliphatic hydroxyl groups excluding tert-OH is 1. The predicted molar refractivity (Wildman–Crippen MR) is 85.8 cm³/mol. The monoisotopic (exact) mass is 333 g/mol. The summed E-state index contributed by atoms with van der Waals surface area (Å²) in [5.74, 6) is -1.24. The van der Waals surface area contributed by atoms with Gasteiger partial charge in [-0.2, -0.15) is 5.10 Å². The van der Waals surface area contributed by atoms with E-state index in [0.717, 1.165) is 22.7 Å². The van der Waals surface area contributed by atoms with Crippen molar-refractivity contribution in [3.8, 4) is 0 Å². The van der Waals surface area contributed by atoms with Crippen LogP contribution in [-0.2, 0) is 4.79 Å². The van der Waals surface area contributed by atoms with E-state index in [1.807, 2.05) is 6.92 Å². The maximum absolute atomic E-state index is 13.1. The van der Waals surface area contributed by atoms with Crippen molar-refractivity contribution in [1.29, 1.82) is 0 Å². The molecule has 0 saturated heterocycles. The highest BCUT2D eigenvalue weighted by atomic mass is 35.5. The fourth-order valence-corrected chi connectivity index (χ4v) is 2.45. The second-order valence-electron chi connectivity index (χ2n) is 5.15. The molecule has 1 heterocycles. The van der Waals surface area contributed by atoms with Crippen molar-refractivity contribution in [3.05, 3.63) is 58.5 Å². The molecule has 0 aliphatic rings. The van der Waals surface area contributed by atoms with Gasteiger partial charge >= 0.3 is 0 Å². The van der Waals surface area contributed by atoms with Crippen molar-refractivity contribution in [2.75, 3.05) is 5.32 Å². The normalized spacial score (nSPS) is 12.3. The number of rotatable bonds is 3. The maximum Gasteiger partial charge on any atom is 0.257 e. The molecule has 7 heteroatoms. The van der Waals surface area contributed by atoms with E-state index < -0.39 is 17.8 Å². The number of hydrogen-bond acceptors (Lipinski definition) is 3. The number of nitrogens with zero attached hydrogens (tertiary/aromatic N) is 1. The quantitative estimate of drug-likeness (QED) is 0.688. The zero-order valence-electron chi connectivity index (χ0n) is 12.1. The van der Waals surface area contributed by atoms with Crippen LogP contribution in [0.1, 0.15) is 17.4 Å². The largest absolute Gasteiger partial charge is 0.378 e. The molecule has 3 N–H and O–H groups in total. The van der Waals surface area contributed by atoms with Gasteiger partial charge in [-0.3, -0.25) is 9.89 Å². The Labute approximate surface area is 136 Å². The van der Waals surface area contributed by atoms with Crippen molar-refractivity contribution in [2.24, 2.45) is 0 Å². The Balaban J connectivity index is 1.81. The van der Waals surface area contributed by atoms with Crippen LogP contribution in [0.25, 0.3) is 10.9 Å². The number of aromatic amines is 1. The fraction of sp³-hybridized carbons (Fsp3) is 0.125. The first-order valence-electron chi connectivity index (χ1n) is 6.84. The number of carbonyl (C=O) groups is 1. The van der Waals surface area contributed by atoms with Crippen molar-refractivity contribution < 1.29 is 14.3 Å². The Kier molecular flexibility index (Phi) is 4.02. The van der Waals surface area contributed by atoms with Gasteiger partial charge in [-0.05, 0) is 42.8 Å². The molecule has 0 bridgehead atoms. The maximum atomic E-state index is 13.1. The molecular weight excluding hydrogens is 321 g/mol. The van der Waals surface area contributed by atoms with Crippen LogP contribution in [0, 0.1) is 12.7 Å². The van der Waals surface area contributed by atoms with E-state index in [-0.39, 0.29) is 10.6 Å². The van der Waals surface area contributed by atoms with E-state index in [1.165, 1.54) is 12.1 Å². The van der Waals surface area contributed by atoms with Crippen molar-refractivity contribution >= 4 is 34.1 Å². The smallest absolute Gasteiger partial charge is 0.257 e. The summed E-state index contributed by atoms with van der Waals surface area (Å²) in [6, 6.07) is 8.85. The van der Waals surface area contributed by atoms with Gasteiger partial charge in [0.15, 0.2) is 6.10 Å². The minimum Gasteiger partial charge on any atom is -0.378 e. The predicted octanol–water partition coefficient (Wildman–Crippen LogP) is 3.34. The molecule has 0 aliphatic carbocycles. The lowest BCUT2D eigenvalue weighted by molar-refractivity contribution is -0.124. The van der Waals surface area contributed by atoms with E-state index in [1.54, 1.807) is 18.2 Å². The summed E-state index contributed by atoms with van der Waals surface area (Å²) in [6.07, 6.45) is -1.45. The summed E-state index contributed by atoms with van der Waals surface area (Å²) < 4.78 is 13.1. The molecule has 0 spiro atoms. The number of aromatic nitrogens is 2. The summed E-state index contributed by atoms with van der Waals surface area (Å²) in [4.78, 5) is 12.1.